The fraction of sp³-hybridized carbons (Fsp3) is 0.214. The maximum Gasteiger partial charge on any atom is 0.416 e. The second kappa shape index (κ2) is 5.01. The van der Waals surface area contributed by atoms with Crippen molar-refractivity contribution >= 4 is 0 Å². The highest BCUT2D eigenvalue weighted by Gasteiger charge is 2.35. The van der Waals surface area contributed by atoms with E-state index in [2.05, 4.69) is 4.98 Å². The van der Waals surface area contributed by atoms with Gasteiger partial charge in [0.1, 0.15) is 6.10 Å². The molecule has 0 aliphatic rings. The lowest BCUT2D eigenvalue weighted by atomic mass is 9.99. The molecule has 2 nitrogen and oxygen atoms in total. The molecule has 1 N–H and O–H groups in total. The largest absolute Gasteiger partial charge is 0.416 e. The third-order valence-corrected chi connectivity index (χ3v) is 2.78. The Morgan fingerprint density at radius 1 is 1.16 bits per heavy atom. The number of aryl methyl sites for hydroxylation is 1. The van der Waals surface area contributed by atoms with Crippen LogP contribution in [0.15, 0.2) is 42.6 Å². The third kappa shape index (κ3) is 2.93. The van der Waals surface area contributed by atoms with E-state index in [1.165, 1.54) is 24.4 Å². The van der Waals surface area contributed by atoms with Crippen molar-refractivity contribution in [2.45, 2.75) is 19.2 Å². The van der Waals surface area contributed by atoms with Crippen molar-refractivity contribution in [2.75, 3.05) is 0 Å². The number of benzene rings is 1. The van der Waals surface area contributed by atoms with Crippen molar-refractivity contribution in [1.82, 2.24) is 4.98 Å². The first-order chi connectivity index (χ1) is 8.89. The highest BCUT2D eigenvalue weighted by molar-refractivity contribution is 5.36. The van der Waals surface area contributed by atoms with Crippen LogP contribution in [0.5, 0.6) is 0 Å². The summed E-state index contributed by atoms with van der Waals surface area (Å²) < 4.78 is 38.6. The van der Waals surface area contributed by atoms with Gasteiger partial charge in [0.2, 0.25) is 0 Å². The van der Waals surface area contributed by atoms with Crippen molar-refractivity contribution in [3.05, 3.63) is 65.0 Å². The van der Waals surface area contributed by atoms with Crippen LogP contribution in [0.4, 0.5) is 13.2 Å². The van der Waals surface area contributed by atoms with Gasteiger partial charge >= 0.3 is 6.18 Å². The second-order valence-corrected chi connectivity index (χ2v) is 4.25. The molecule has 0 spiro atoms. The number of hydrogen-bond donors (Lipinski definition) is 1. The van der Waals surface area contributed by atoms with Gasteiger partial charge in [0, 0.05) is 6.20 Å². The van der Waals surface area contributed by atoms with Crippen molar-refractivity contribution in [1.29, 1.82) is 0 Å². The van der Waals surface area contributed by atoms with Gasteiger partial charge in [-0.1, -0.05) is 18.2 Å². The van der Waals surface area contributed by atoms with Gasteiger partial charge < -0.3 is 5.11 Å². The minimum Gasteiger partial charge on any atom is -0.382 e. The lowest BCUT2D eigenvalue weighted by Gasteiger charge is -2.17. The SMILES string of the molecule is Cc1ccnc(C(O)c2ccccc2C(F)(F)F)c1. The molecule has 19 heavy (non-hydrogen) atoms. The summed E-state index contributed by atoms with van der Waals surface area (Å²) >= 11 is 0. The van der Waals surface area contributed by atoms with E-state index in [9.17, 15) is 18.3 Å². The first kappa shape index (κ1) is 13.5. The zero-order valence-electron chi connectivity index (χ0n) is 10.1. The average molecular weight is 267 g/mol. The fourth-order valence-corrected chi connectivity index (χ4v) is 1.86. The minimum absolute atomic E-state index is 0.187. The third-order valence-electron chi connectivity index (χ3n) is 2.78. The lowest BCUT2D eigenvalue weighted by Crippen LogP contribution is -2.13. The molecule has 0 saturated carbocycles. The van der Waals surface area contributed by atoms with E-state index in [1.54, 1.807) is 19.1 Å². The second-order valence-electron chi connectivity index (χ2n) is 4.25. The first-order valence-corrected chi connectivity index (χ1v) is 5.66. The molecule has 0 saturated heterocycles. The zero-order valence-corrected chi connectivity index (χ0v) is 10.1. The van der Waals surface area contributed by atoms with Crippen LogP contribution in [0.2, 0.25) is 0 Å². The van der Waals surface area contributed by atoms with E-state index >= 15 is 0 Å². The van der Waals surface area contributed by atoms with Gasteiger partial charge in [-0.2, -0.15) is 13.2 Å². The zero-order chi connectivity index (χ0) is 14.0. The van der Waals surface area contributed by atoms with E-state index < -0.39 is 17.8 Å². The highest BCUT2D eigenvalue weighted by atomic mass is 19.4. The van der Waals surface area contributed by atoms with E-state index in [0.717, 1.165) is 11.6 Å². The molecule has 0 aliphatic carbocycles. The van der Waals surface area contributed by atoms with E-state index in [-0.39, 0.29) is 11.3 Å². The molecule has 0 radical (unpaired) electrons. The Labute approximate surface area is 108 Å². The van der Waals surface area contributed by atoms with Crippen LogP contribution < -0.4 is 0 Å². The number of hydrogen-bond acceptors (Lipinski definition) is 2. The number of aromatic nitrogens is 1. The van der Waals surface area contributed by atoms with Gasteiger partial charge in [-0.25, -0.2) is 0 Å². The Balaban J connectivity index is 2.48. The topological polar surface area (TPSA) is 33.1 Å². The minimum atomic E-state index is -4.50. The number of nitrogens with zero attached hydrogens (tertiary/aromatic N) is 1. The summed E-state index contributed by atoms with van der Waals surface area (Å²) in [6, 6.07) is 8.25. The Bertz CT molecular complexity index is 581. The number of aliphatic hydroxyl groups is 1. The molecule has 0 aliphatic heterocycles. The van der Waals surface area contributed by atoms with Crippen LogP contribution in [0.3, 0.4) is 0 Å². The van der Waals surface area contributed by atoms with Gasteiger partial charge in [-0.3, -0.25) is 4.98 Å². The van der Waals surface area contributed by atoms with Gasteiger partial charge in [-0.05, 0) is 36.2 Å². The summed E-state index contributed by atoms with van der Waals surface area (Å²) in [5.74, 6) is 0. The quantitative estimate of drug-likeness (QED) is 0.903. The summed E-state index contributed by atoms with van der Waals surface area (Å²) in [5, 5.41) is 10.1. The summed E-state index contributed by atoms with van der Waals surface area (Å²) in [6.07, 6.45) is -4.43. The maximum atomic E-state index is 12.9. The molecular weight excluding hydrogens is 255 g/mol. The maximum absolute atomic E-state index is 12.9. The molecule has 1 heterocycles. The number of alkyl halides is 3. The van der Waals surface area contributed by atoms with Crippen LogP contribution in [0, 0.1) is 6.92 Å². The predicted octanol–water partition coefficient (Wildman–Crippen LogP) is 3.49. The van der Waals surface area contributed by atoms with Gasteiger partial charge in [0.05, 0.1) is 11.3 Å². The number of aliphatic hydroxyl groups excluding tert-OH is 1. The summed E-state index contributed by atoms with van der Waals surface area (Å²) in [5.41, 5.74) is 0.00384. The predicted molar refractivity (Wildman–Crippen MR) is 64.5 cm³/mol. The number of halogens is 3. The van der Waals surface area contributed by atoms with Crippen LogP contribution in [0.25, 0.3) is 0 Å². The first-order valence-electron chi connectivity index (χ1n) is 5.66. The number of pyridine rings is 1. The molecule has 5 heteroatoms. The van der Waals surface area contributed by atoms with Crippen molar-refractivity contribution < 1.29 is 18.3 Å². The average Bonchev–Trinajstić information content (AvgIpc) is 2.37. The standard InChI is InChI=1S/C14H12F3NO/c1-9-6-7-18-12(8-9)13(19)10-4-2-3-5-11(10)14(15,16)17/h2-8,13,19H,1H3. The van der Waals surface area contributed by atoms with Crippen molar-refractivity contribution in [3.63, 3.8) is 0 Å². The molecule has 1 aromatic carbocycles. The van der Waals surface area contributed by atoms with Crippen molar-refractivity contribution in [3.8, 4) is 0 Å². The van der Waals surface area contributed by atoms with E-state index in [1.807, 2.05) is 0 Å². The molecule has 0 fully saturated rings. The molecule has 1 aromatic heterocycles. The van der Waals surface area contributed by atoms with Crippen LogP contribution in [-0.2, 0) is 6.18 Å². The number of rotatable bonds is 2. The molecular formula is C14H12F3NO. The summed E-state index contributed by atoms with van der Waals surface area (Å²) in [7, 11) is 0. The van der Waals surface area contributed by atoms with E-state index in [0.29, 0.717) is 0 Å². The molecule has 2 rings (SSSR count). The monoisotopic (exact) mass is 267 g/mol. The van der Waals surface area contributed by atoms with Crippen molar-refractivity contribution in [2.24, 2.45) is 0 Å². The van der Waals surface area contributed by atoms with Gasteiger partial charge in [0.25, 0.3) is 0 Å². The Morgan fingerprint density at radius 3 is 2.47 bits per heavy atom. The fourth-order valence-electron chi connectivity index (χ4n) is 1.86. The van der Waals surface area contributed by atoms with E-state index in [4.69, 9.17) is 0 Å². The Hall–Kier alpha value is -1.88. The molecule has 100 valence electrons. The normalized spacial score (nSPS) is 13.3. The molecule has 1 atom stereocenters. The highest BCUT2D eigenvalue weighted by Crippen LogP contribution is 2.36. The summed E-state index contributed by atoms with van der Waals surface area (Å²) in [6.45, 7) is 1.79. The smallest absolute Gasteiger partial charge is 0.382 e. The molecule has 1 unspecified atom stereocenters. The van der Waals surface area contributed by atoms with Crippen LogP contribution >= 0.6 is 0 Å². The Kier molecular flexibility index (Phi) is 3.57. The van der Waals surface area contributed by atoms with Crippen LogP contribution in [-0.4, -0.2) is 10.1 Å². The molecule has 2 aromatic rings. The van der Waals surface area contributed by atoms with Crippen LogP contribution in [0.1, 0.15) is 28.5 Å². The van der Waals surface area contributed by atoms with Gasteiger partial charge in [0.15, 0.2) is 0 Å². The molecule has 0 amide bonds. The molecule has 0 bridgehead atoms. The Morgan fingerprint density at radius 2 is 1.84 bits per heavy atom. The summed E-state index contributed by atoms with van der Waals surface area (Å²) in [4.78, 5) is 3.92. The van der Waals surface area contributed by atoms with Gasteiger partial charge in [-0.15, -0.1) is 0 Å². The lowest BCUT2D eigenvalue weighted by molar-refractivity contribution is -0.139.